The van der Waals surface area contributed by atoms with E-state index in [4.69, 9.17) is 0 Å². The highest BCUT2D eigenvalue weighted by molar-refractivity contribution is 7.91. The molecule has 0 aromatic rings. The summed E-state index contributed by atoms with van der Waals surface area (Å²) in [6.07, 6.45) is 2.25. The van der Waals surface area contributed by atoms with Crippen LogP contribution in [0.15, 0.2) is 4.40 Å². The van der Waals surface area contributed by atoms with Crippen LogP contribution in [-0.2, 0) is 11.4 Å². The molecular formula is C9H17NOS. The lowest BCUT2D eigenvalue weighted by Crippen LogP contribution is -2.31. The molecular weight excluding hydrogens is 170 g/mol. The lowest BCUT2D eigenvalue weighted by Gasteiger charge is -2.26. The Morgan fingerprint density at radius 2 is 2.08 bits per heavy atom. The fraction of sp³-hybridized carbons (Fsp3) is 0.889. The van der Waals surface area contributed by atoms with Gasteiger partial charge in [-0.3, -0.25) is 0 Å². The standard InChI is InChI=1S/C9H17NOS/c1-7-5-6-8(7)10-12(11)9(2,3)4/h7H,5-6H2,1-4H3/b10-8+/t7-,12?/m0/s1. The number of hydrogen-bond acceptors (Lipinski definition) is 2. The highest BCUT2D eigenvalue weighted by atomic mass is 32.2. The highest BCUT2D eigenvalue weighted by Crippen LogP contribution is 2.26. The second-order valence-electron chi connectivity index (χ2n) is 4.38. The van der Waals surface area contributed by atoms with Crippen molar-refractivity contribution < 1.29 is 4.55 Å². The van der Waals surface area contributed by atoms with Crippen LogP contribution in [0.5, 0.6) is 0 Å². The molecule has 0 aromatic carbocycles. The van der Waals surface area contributed by atoms with Crippen LogP contribution in [0.3, 0.4) is 0 Å². The summed E-state index contributed by atoms with van der Waals surface area (Å²) in [4.78, 5) is 0. The number of hydrogen-bond donors (Lipinski definition) is 0. The maximum Gasteiger partial charge on any atom is 0.144 e. The van der Waals surface area contributed by atoms with E-state index in [1.807, 2.05) is 20.8 Å². The van der Waals surface area contributed by atoms with Crippen molar-refractivity contribution in [2.75, 3.05) is 0 Å². The molecule has 0 aliphatic heterocycles. The van der Waals surface area contributed by atoms with Gasteiger partial charge in [0.1, 0.15) is 16.1 Å². The van der Waals surface area contributed by atoms with Gasteiger partial charge < -0.3 is 4.55 Å². The third kappa shape index (κ3) is 2.23. The van der Waals surface area contributed by atoms with Gasteiger partial charge in [-0.25, -0.2) is 0 Å². The van der Waals surface area contributed by atoms with Crippen LogP contribution in [0.1, 0.15) is 40.5 Å². The van der Waals surface area contributed by atoms with Crippen molar-refractivity contribution in [3.8, 4) is 0 Å². The van der Waals surface area contributed by atoms with Gasteiger partial charge in [0.15, 0.2) is 0 Å². The van der Waals surface area contributed by atoms with Crippen molar-refractivity contribution >= 4 is 17.1 Å². The van der Waals surface area contributed by atoms with E-state index in [9.17, 15) is 4.55 Å². The van der Waals surface area contributed by atoms with Gasteiger partial charge in [-0.05, 0) is 39.5 Å². The van der Waals surface area contributed by atoms with Gasteiger partial charge in [-0.15, -0.1) is 0 Å². The Kier molecular flexibility index (Phi) is 2.84. The van der Waals surface area contributed by atoms with E-state index in [0.29, 0.717) is 5.92 Å². The first-order valence-electron chi connectivity index (χ1n) is 4.40. The molecule has 1 saturated carbocycles. The minimum absolute atomic E-state index is 0.206. The quantitative estimate of drug-likeness (QED) is 0.580. The van der Waals surface area contributed by atoms with E-state index in [1.54, 1.807) is 0 Å². The molecule has 2 nitrogen and oxygen atoms in total. The fourth-order valence-corrected chi connectivity index (χ4v) is 1.70. The Bertz CT molecular complexity index is 195. The molecule has 1 fully saturated rings. The predicted octanol–water partition coefficient (Wildman–Crippen LogP) is 2.32. The Labute approximate surface area is 77.8 Å². The molecule has 0 saturated heterocycles. The average Bonchev–Trinajstić information content (AvgIpc) is 1.95. The highest BCUT2D eigenvalue weighted by Gasteiger charge is 2.30. The molecule has 0 aromatic heterocycles. The van der Waals surface area contributed by atoms with E-state index >= 15 is 0 Å². The summed E-state index contributed by atoms with van der Waals surface area (Å²) in [5.74, 6) is 0.566. The zero-order valence-electron chi connectivity index (χ0n) is 8.26. The largest absolute Gasteiger partial charge is 0.591 e. The van der Waals surface area contributed by atoms with E-state index in [0.717, 1.165) is 12.1 Å². The van der Waals surface area contributed by atoms with Gasteiger partial charge in [0, 0.05) is 0 Å². The molecule has 12 heavy (non-hydrogen) atoms. The summed E-state index contributed by atoms with van der Waals surface area (Å²) < 4.78 is 15.6. The first kappa shape index (κ1) is 10.1. The smallest absolute Gasteiger partial charge is 0.144 e. The maximum atomic E-state index is 11.5. The molecule has 1 unspecified atom stereocenters. The Balaban J connectivity index is 2.55. The van der Waals surface area contributed by atoms with Crippen molar-refractivity contribution in [3.05, 3.63) is 0 Å². The van der Waals surface area contributed by atoms with Crippen molar-refractivity contribution in [2.45, 2.75) is 45.3 Å². The molecule has 0 radical (unpaired) electrons. The van der Waals surface area contributed by atoms with Gasteiger partial charge in [0.25, 0.3) is 0 Å². The van der Waals surface area contributed by atoms with Crippen molar-refractivity contribution in [2.24, 2.45) is 10.3 Å². The second-order valence-corrected chi connectivity index (χ2v) is 6.29. The van der Waals surface area contributed by atoms with Gasteiger partial charge in [0.05, 0.1) is 5.71 Å². The number of rotatable bonds is 1. The summed E-state index contributed by atoms with van der Waals surface area (Å²) in [7, 11) is 0. The molecule has 1 aliphatic carbocycles. The van der Waals surface area contributed by atoms with Gasteiger partial charge in [-0.2, -0.15) is 0 Å². The summed E-state index contributed by atoms with van der Waals surface area (Å²) >= 11 is -1.05. The number of nitrogens with zero attached hydrogens (tertiary/aromatic N) is 1. The minimum Gasteiger partial charge on any atom is -0.591 e. The van der Waals surface area contributed by atoms with E-state index < -0.39 is 11.4 Å². The van der Waals surface area contributed by atoms with Crippen LogP contribution in [0.25, 0.3) is 0 Å². The lowest BCUT2D eigenvalue weighted by atomic mass is 9.85. The maximum absolute atomic E-state index is 11.5. The molecule has 0 N–H and O–H groups in total. The third-order valence-electron chi connectivity index (χ3n) is 2.13. The zero-order valence-corrected chi connectivity index (χ0v) is 9.07. The van der Waals surface area contributed by atoms with Gasteiger partial charge in [0.2, 0.25) is 0 Å². The van der Waals surface area contributed by atoms with Crippen LogP contribution in [-0.4, -0.2) is 15.0 Å². The monoisotopic (exact) mass is 187 g/mol. The third-order valence-corrected chi connectivity index (χ3v) is 3.57. The van der Waals surface area contributed by atoms with E-state index in [-0.39, 0.29) is 4.75 Å². The summed E-state index contributed by atoms with van der Waals surface area (Å²) in [6.45, 7) is 8.01. The Morgan fingerprint density at radius 3 is 2.33 bits per heavy atom. The molecule has 0 bridgehead atoms. The van der Waals surface area contributed by atoms with Crippen molar-refractivity contribution in [1.82, 2.24) is 0 Å². The van der Waals surface area contributed by atoms with Crippen LogP contribution >= 0.6 is 0 Å². The molecule has 2 atom stereocenters. The second kappa shape index (κ2) is 3.38. The van der Waals surface area contributed by atoms with Crippen molar-refractivity contribution in [1.29, 1.82) is 0 Å². The van der Waals surface area contributed by atoms with Gasteiger partial charge in [-0.1, -0.05) is 11.3 Å². The predicted molar refractivity (Wildman–Crippen MR) is 53.7 cm³/mol. The zero-order chi connectivity index (χ0) is 9.35. The van der Waals surface area contributed by atoms with Crippen LogP contribution in [0, 0.1) is 5.92 Å². The molecule has 3 heteroatoms. The first-order chi connectivity index (χ1) is 5.41. The van der Waals surface area contributed by atoms with E-state index in [1.165, 1.54) is 6.42 Å². The van der Waals surface area contributed by atoms with Crippen LogP contribution in [0.2, 0.25) is 0 Å². The molecule has 0 heterocycles. The van der Waals surface area contributed by atoms with Crippen molar-refractivity contribution in [3.63, 3.8) is 0 Å². The molecule has 1 rings (SSSR count). The van der Waals surface area contributed by atoms with E-state index in [2.05, 4.69) is 11.3 Å². The molecule has 1 aliphatic rings. The van der Waals surface area contributed by atoms with Crippen LogP contribution < -0.4 is 0 Å². The Hall–Kier alpha value is -0.0200. The normalized spacial score (nSPS) is 30.1. The molecule has 0 spiro atoms. The summed E-state index contributed by atoms with van der Waals surface area (Å²) in [5.41, 5.74) is 1.14. The summed E-state index contributed by atoms with van der Waals surface area (Å²) in [6, 6.07) is 0. The topological polar surface area (TPSA) is 35.4 Å². The SMILES string of the molecule is C[C@H]1CC/C1=N\[S+]([O-])C(C)(C)C. The van der Waals surface area contributed by atoms with Gasteiger partial charge >= 0.3 is 0 Å². The lowest BCUT2D eigenvalue weighted by molar-refractivity contribution is 0.556. The molecule has 0 amide bonds. The molecule has 70 valence electrons. The fourth-order valence-electron chi connectivity index (χ4n) is 0.941. The average molecular weight is 187 g/mol. The van der Waals surface area contributed by atoms with Crippen LogP contribution in [0.4, 0.5) is 0 Å². The minimum atomic E-state index is -1.05. The first-order valence-corrected chi connectivity index (χ1v) is 5.51. The Morgan fingerprint density at radius 1 is 1.50 bits per heavy atom. The summed E-state index contributed by atoms with van der Waals surface area (Å²) in [5, 5.41) is 0.